The molecule has 1 aromatic carbocycles. The first kappa shape index (κ1) is 13.9. The minimum Gasteiger partial charge on any atom is -0.409 e. The molecule has 0 spiro atoms. The fourth-order valence-electron chi connectivity index (χ4n) is 2.47. The van der Waals surface area contributed by atoms with Gasteiger partial charge in [0.1, 0.15) is 5.84 Å². The zero-order valence-corrected chi connectivity index (χ0v) is 11.6. The molecule has 1 fully saturated rings. The predicted molar refractivity (Wildman–Crippen MR) is 77.3 cm³/mol. The van der Waals surface area contributed by atoms with Crippen LogP contribution in [0.15, 0.2) is 35.5 Å². The molecule has 1 saturated carbocycles. The van der Waals surface area contributed by atoms with E-state index in [1.807, 2.05) is 30.3 Å². The normalized spacial score (nSPS) is 23.1. The van der Waals surface area contributed by atoms with Crippen LogP contribution >= 0.6 is 0 Å². The highest BCUT2D eigenvalue weighted by molar-refractivity contribution is 5.87. The van der Waals surface area contributed by atoms with Gasteiger partial charge in [-0.1, -0.05) is 49.3 Å². The molecule has 4 nitrogen and oxygen atoms in total. The third-order valence-corrected chi connectivity index (χ3v) is 4.13. The van der Waals surface area contributed by atoms with Crippen molar-refractivity contribution < 1.29 is 5.21 Å². The molecule has 2 rings (SSSR count). The predicted octanol–water partition coefficient (Wildman–Crippen LogP) is 2.15. The van der Waals surface area contributed by atoms with E-state index in [1.54, 1.807) is 0 Å². The van der Waals surface area contributed by atoms with Crippen molar-refractivity contribution in [1.29, 1.82) is 0 Å². The molecular formula is C15H23N3O. The molecule has 2 unspecified atom stereocenters. The Kier molecular flexibility index (Phi) is 4.10. The second-order valence-electron chi connectivity index (χ2n) is 6.04. The smallest absolute Gasteiger partial charge is 0.147 e. The van der Waals surface area contributed by atoms with Gasteiger partial charge in [0.05, 0.1) is 5.92 Å². The summed E-state index contributed by atoms with van der Waals surface area (Å²) in [5.41, 5.74) is 7.34. The highest BCUT2D eigenvalue weighted by Gasteiger charge is 2.44. The van der Waals surface area contributed by atoms with Crippen molar-refractivity contribution in [1.82, 2.24) is 5.32 Å². The van der Waals surface area contributed by atoms with E-state index in [-0.39, 0.29) is 11.8 Å². The average Bonchev–Trinajstić information content (AvgIpc) is 3.02. The lowest BCUT2D eigenvalue weighted by atomic mass is 9.98. The molecule has 1 aliphatic rings. The molecular weight excluding hydrogens is 238 g/mol. The van der Waals surface area contributed by atoms with E-state index >= 15 is 0 Å². The molecule has 2 atom stereocenters. The summed E-state index contributed by atoms with van der Waals surface area (Å²) in [6, 6.07) is 9.91. The first-order chi connectivity index (χ1) is 9.04. The maximum atomic E-state index is 8.91. The van der Waals surface area contributed by atoms with Gasteiger partial charge in [-0.2, -0.15) is 0 Å². The van der Waals surface area contributed by atoms with Crippen LogP contribution < -0.4 is 11.1 Å². The fraction of sp³-hybridized carbons (Fsp3) is 0.533. The molecule has 1 aromatic rings. The van der Waals surface area contributed by atoms with Crippen molar-refractivity contribution in [3.05, 3.63) is 35.9 Å². The van der Waals surface area contributed by atoms with Crippen LogP contribution in [0.4, 0.5) is 0 Å². The van der Waals surface area contributed by atoms with E-state index in [2.05, 4.69) is 24.3 Å². The number of nitrogens with two attached hydrogens (primary N) is 1. The van der Waals surface area contributed by atoms with Crippen molar-refractivity contribution in [2.24, 2.45) is 22.2 Å². The van der Waals surface area contributed by atoms with Crippen LogP contribution in [0.3, 0.4) is 0 Å². The first-order valence-corrected chi connectivity index (χ1v) is 6.77. The van der Waals surface area contributed by atoms with Gasteiger partial charge in [-0.05, 0) is 29.9 Å². The van der Waals surface area contributed by atoms with E-state index in [4.69, 9.17) is 10.9 Å². The summed E-state index contributed by atoms with van der Waals surface area (Å²) in [5.74, 6) is 0.929. The largest absolute Gasteiger partial charge is 0.409 e. The molecule has 0 bridgehead atoms. The van der Waals surface area contributed by atoms with E-state index < -0.39 is 0 Å². The lowest BCUT2D eigenvalue weighted by molar-refractivity contribution is 0.315. The molecule has 0 amide bonds. The minimum atomic E-state index is -0.0759. The van der Waals surface area contributed by atoms with Gasteiger partial charge in [0, 0.05) is 6.54 Å². The van der Waals surface area contributed by atoms with Gasteiger partial charge in [0.15, 0.2) is 0 Å². The molecule has 104 valence electrons. The van der Waals surface area contributed by atoms with Gasteiger partial charge in [0.2, 0.25) is 0 Å². The average molecular weight is 261 g/mol. The number of nitrogens with zero attached hydrogens (tertiary/aromatic N) is 1. The van der Waals surface area contributed by atoms with Crippen LogP contribution in [0.2, 0.25) is 0 Å². The molecule has 0 aliphatic heterocycles. The van der Waals surface area contributed by atoms with Crippen molar-refractivity contribution in [3.63, 3.8) is 0 Å². The van der Waals surface area contributed by atoms with Crippen LogP contribution in [0, 0.1) is 11.3 Å². The molecule has 0 heterocycles. The molecule has 0 radical (unpaired) electrons. The summed E-state index contributed by atoms with van der Waals surface area (Å²) in [6.07, 6.45) is 1.28. The Balaban J connectivity index is 1.92. The summed E-state index contributed by atoms with van der Waals surface area (Å²) in [6.45, 7) is 6.27. The number of rotatable bonds is 6. The Morgan fingerprint density at radius 3 is 2.63 bits per heavy atom. The Morgan fingerprint density at radius 1 is 1.47 bits per heavy atom. The number of nitrogens with one attached hydrogen (secondary N) is 1. The maximum absolute atomic E-state index is 8.91. The number of hydrogen-bond acceptors (Lipinski definition) is 3. The van der Waals surface area contributed by atoms with E-state index in [9.17, 15) is 0 Å². The van der Waals surface area contributed by atoms with Crippen LogP contribution in [-0.2, 0) is 0 Å². The summed E-state index contributed by atoms with van der Waals surface area (Å²) in [4.78, 5) is 0. The molecule has 0 saturated heterocycles. The van der Waals surface area contributed by atoms with Gasteiger partial charge in [0.25, 0.3) is 0 Å². The Labute approximate surface area is 114 Å². The zero-order valence-electron chi connectivity index (χ0n) is 11.6. The van der Waals surface area contributed by atoms with E-state index in [1.165, 1.54) is 6.42 Å². The molecule has 0 aromatic heterocycles. The maximum Gasteiger partial charge on any atom is 0.147 e. The Bertz CT molecular complexity index is 442. The third kappa shape index (κ3) is 3.47. The Hall–Kier alpha value is -1.55. The minimum absolute atomic E-state index is 0.0759. The topological polar surface area (TPSA) is 70.6 Å². The number of hydrogen-bond donors (Lipinski definition) is 3. The first-order valence-electron chi connectivity index (χ1n) is 6.77. The van der Waals surface area contributed by atoms with Gasteiger partial charge in [-0.25, -0.2) is 0 Å². The Morgan fingerprint density at radius 2 is 2.11 bits per heavy atom. The van der Waals surface area contributed by atoms with Crippen molar-refractivity contribution in [3.8, 4) is 0 Å². The van der Waals surface area contributed by atoms with Crippen LogP contribution in [0.25, 0.3) is 0 Å². The lowest BCUT2D eigenvalue weighted by Crippen LogP contribution is -2.32. The number of amidine groups is 1. The standard InChI is InChI=1S/C15H23N3O/c1-15(2)8-12(15)9-17-10-13(14(16)18-19)11-6-4-3-5-7-11/h3-7,12-13,17,19H,8-10H2,1-2H3,(H2,16,18). The molecule has 4 N–H and O–H groups in total. The second-order valence-corrected chi connectivity index (χ2v) is 6.04. The van der Waals surface area contributed by atoms with Gasteiger partial charge >= 0.3 is 0 Å². The summed E-state index contributed by atoms with van der Waals surface area (Å²) < 4.78 is 0. The van der Waals surface area contributed by atoms with Gasteiger partial charge in [-0.15, -0.1) is 0 Å². The summed E-state index contributed by atoms with van der Waals surface area (Å²) >= 11 is 0. The van der Waals surface area contributed by atoms with E-state index in [0.717, 1.165) is 18.0 Å². The molecule has 19 heavy (non-hydrogen) atoms. The second kappa shape index (κ2) is 5.61. The van der Waals surface area contributed by atoms with Crippen LogP contribution in [0.5, 0.6) is 0 Å². The third-order valence-electron chi connectivity index (χ3n) is 4.13. The lowest BCUT2D eigenvalue weighted by Gasteiger charge is -2.17. The van der Waals surface area contributed by atoms with Crippen LogP contribution in [-0.4, -0.2) is 24.1 Å². The highest BCUT2D eigenvalue weighted by atomic mass is 16.4. The van der Waals surface area contributed by atoms with E-state index in [0.29, 0.717) is 12.0 Å². The number of oxime groups is 1. The quantitative estimate of drug-likeness (QED) is 0.318. The number of benzene rings is 1. The highest BCUT2D eigenvalue weighted by Crippen LogP contribution is 2.50. The summed E-state index contributed by atoms with van der Waals surface area (Å²) in [5, 5.41) is 15.5. The van der Waals surface area contributed by atoms with Gasteiger partial charge < -0.3 is 16.3 Å². The van der Waals surface area contributed by atoms with Crippen molar-refractivity contribution >= 4 is 5.84 Å². The van der Waals surface area contributed by atoms with Crippen LogP contribution in [0.1, 0.15) is 31.7 Å². The fourth-order valence-corrected chi connectivity index (χ4v) is 2.47. The monoisotopic (exact) mass is 261 g/mol. The van der Waals surface area contributed by atoms with Gasteiger partial charge in [-0.3, -0.25) is 0 Å². The molecule has 4 heteroatoms. The van der Waals surface area contributed by atoms with Crippen molar-refractivity contribution in [2.75, 3.05) is 13.1 Å². The van der Waals surface area contributed by atoms with Crippen molar-refractivity contribution in [2.45, 2.75) is 26.2 Å². The summed E-state index contributed by atoms with van der Waals surface area (Å²) in [7, 11) is 0. The SMILES string of the molecule is CC1(C)CC1CNCC(/C(N)=N/O)c1ccccc1. The molecule has 1 aliphatic carbocycles. The zero-order chi connectivity index (χ0) is 13.9.